The molecule has 2 aromatic carbocycles. The van der Waals surface area contributed by atoms with Crippen molar-refractivity contribution in [2.45, 2.75) is 6.42 Å². The first-order valence-electron chi connectivity index (χ1n) is 8.02. The van der Waals surface area contributed by atoms with E-state index in [-0.39, 0.29) is 36.1 Å². The maximum atomic E-state index is 12.0. The predicted molar refractivity (Wildman–Crippen MR) is 98.5 cm³/mol. The molecular formula is C20H20O7. The number of hydrogen-bond acceptors (Lipinski definition) is 6. The third-order valence-electron chi connectivity index (χ3n) is 3.62. The summed E-state index contributed by atoms with van der Waals surface area (Å²) in [5.41, 5.74) is 1.27. The highest BCUT2D eigenvalue weighted by Gasteiger charge is 2.10. The van der Waals surface area contributed by atoms with Gasteiger partial charge in [-0.15, -0.1) is 0 Å². The highest BCUT2D eigenvalue weighted by atomic mass is 16.5. The molecule has 0 amide bonds. The van der Waals surface area contributed by atoms with Crippen molar-refractivity contribution in [2.75, 3.05) is 20.8 Å². The van der Waals surface area contributed by atoms with Crippen LogP contribution in [0.3, 0.4) is 0 Å². The smallest absolute Gasteiger partial charge is 0.307 e. The summed E-state index contributed by atoms with van der Waals surface area (Å²) in [5, 5.41) is 18.6. The first kappa shape index (κ1) is 19.8. The lowest BCUT2D eigenvalue weighted by Crippen LogP contribution is -2.08. The maximum Gasteiger partial charge on any atom is 0.307 e. The summed E-state index contributed by atoms with van der Waals surface area (Å²) in [7, 11) is 2.84. The fourth-order valence-corrected chi connectivity index (χ4v) is 2.28. The van der Waals surface area contributed by atoms with Crippen molar-refractivity contribution in [3.63, 3.8) is 0 Å². The van der Waals surface area contributed by atoms with E-state index in [0.717, 1.165) is 0 Å². The van der Waals surface area contributed by atoms with Gasteiger partial charge in [-0.3, -0.25) is 9.59 Å². The summed E-state index contributed by atoms with van der Waals surface area (Å²) in [6.07, 6.45) is 2.84. The van der Waals surface area contributed by atoms with Gasteiger partial charge >= 0.3 is 5.97 Å². The second kappa shape index (κ2) is 9.28. The molecule has 7 heteroatoms. The molecule has 0 aliphatic carbocycles. The van der Waals surface area contributed by atoms with Gasteiger partial charge in [0.1, 0.15) is 5.75 Å². The minimum absolute atomic E-state index is 0.0680. The standard InChI is InChI=1S/C20H20O7/c1-25-17-9-14(10-18(26-2)20(17)24)3-6-15(21)12-27-16-7-4-13(5-8-16)11-19(22)23/h3-10,24H,11-12H2,1-2H3,(H,22,23). The van der Waals surface area contributed by atoms with Crippen LogP contribution in [-0.4, -0.2) is 42.8 Å². The molecule has 27 heavy (non-hydrogen) atoms. The molecule has 0 radical (unpaired) electrons. The molecule has 7 nitrogen and oxygen atoms in total. The van der Waals surface area contributed by atoms with E-state index in [1.165, 1.54) is 20.3 Å². The Morgan fingerprint density at radius 3 is 2.15 bits per heavy atom. The number of benzene rings is 2. The number of phenolic OH excluding ortho intramolecular Hbond substituents is 1. The van der Waals surface area contributed by atoms with Crippen LogP contribution in [0.2, 0.25) is 0 Å². The van der Waals surface area contributed by atoms with Crippen LogP contribution >= 0.6 is 0 Å². The number of aliphatic carboxylic acids is 1. The SMILES string of the molecule is COc1cc(C=CC(=O)COc2ccc(CC(=O)O)cc2)cc(OC)c1O. The Kier molecular flexibility index (Phi) is 6.82. The molecule has 0 aliphatic rings. The third kappa shape index (κ3) is 5.78. The molecule has 0 aromatic heterocycles. The van der Waals surface area contributed by atoms with E-state index < -0.39 is 5.97 Å². The van der Waals surface area contributed by atoms with E-state index in [9.17, 15) is 14.7 Å². The van der Waals surface area contributed by atoms with Gasteiger partial charge in [-0.2, -0.15) is 0 Å². The molecule has 2 N–H and O–H groups in total. The first-order valence-corrected chi connectivity index (χ1v) is 8.02. The monoisotopic (exact) mass is 372 g/mol. The normalized spacial score (nSPS) is 10.6. The molecule has 142 valence electrons. The number of rotatable bonds is 9. The topological polar surface area (TPSA) is 102 Å². The molecule has 0 atom stereocenters. The van der Waals surface area contributed by atoms with Crippen LogP contribution in [0.5, 0.6) is 23.0 Å². The van der Waals surface area contributed by atoms with E-state index in [1.807, 2.05) is 0 Å². The van der Waals surface area contributed by atoms with Gasteiger partial charge in [-0.1, -0.05) is 18.2 Å². The number of carbonyl (C=O) groups excluding carboxylic acids is 1. The van der Waals surface area contributed by atoms with E-state index in [2.05, 4.69) is 0 Å². The zero-order valence-electron chi connectivity index (χ0n) is 15.0. The van der Waals surface area contributed by atoms with Crippen molar-refractivity contribution in [3.8, 4) is 23.0 Å². The number of carboxylic acid groups (broad SMARTS) is 1. The van der Waals surface area contributed by atoms with Crippen molar-refractivity contribution in [2.24, 2.45) is 0 Å². The molecular weight excluding hydrogens is 352 g/mol. The summed E-state index contributed by atoms with van der Waals surface area (Å²) in [4.78, 5) is 22.6. The Labute approximate surface area is 156 Å². The number of hydrogen-bond donors (Lipinski definition) is 2. The zero-order chi connectivity index (χ0) is 19.8. The fraction of sp³-hybridized carbons (Fsp3) is 0.200. The molecule has 0 aliphatic heterocycles. The van der Waals surface area contributed by atoms with Crippen LogP contribution in [0.1, 0.15) is 11.1 Å². The van der Waals surface area contributed by atoms with Gasteiger partial charge in [0, 0.05) is 0 Å². The molecule has 0 spiro atoms. The van der Waals surface area contributed by atoms with Crippen LogP contribution in [0, 0.1) is 0 Å². The lowest BCUT2D eigenvalue weighted by atomic mass is 10.1. The molecule has 0 heterocycles. The summed E-state index contributed by atoms with van der Waals surface area (Å²) in [6, 6.07) is 9.65. The first-order chi connectivity index (χ1) is 12.9. The minimum Gasteiger partial charge on any atom is -0.502 e. The lowest BCUT2D eigenvalue weighted by Gasteiger charge is -2.09. The summed E-state index contributed by atoms with van der Waals surface area (Å²) in [6.45, 7) is -0.166. The van der Waals surface area contributed by atoms with Crippen LogP contribution < -0.4 is 14.2 Å². The Balaban J connectivity index is 1.96. The van der Waals surface area contributed by atoms with Gasteiger partial charge < -0.3 is 24.4 Å². The van der Waals surface area contributed by atoms with Crippen LogP contribution in [0.25, 0.3) is 6.08 Å². The van der Waals surface area contributed by atoms with Gasteiger partial charge in [-0.25, -0.2) is 0 Å². The summed E-state index contributed by atoms with van der Waals surface area (Å²) < 4.78 is 15.5. The number of phenols is 1. The fourth-order valence-electron chi connectivity index (χ4n) is 2.28. The van der Waals surface area contributed by atoms with Crippen molar-refractivity contribution < 1.29 is 34.0 Å². The average molecular weight is 372 g/mol. The maximum absolute atomic E-state index is 12.0. The molecule has 0 fully saturated rings. The predicted octanol–water partition coefficient (Wildman–Crippen LogP) is 2.70. The molecule has 0 saturated carbocycles. The van der Waals surface area contributed by atoms with Crippen molar-refractivity contribution >= 4 is 17.8 Å². The second-order valence-electron chi connectivity index (χ2n) is 5.58. The molecule has 2 aromatic rings. The van der Waals surface area contributed by atoms with Gasteiger partial charge in [0.25, 0.3) is 0 Å². The highest BCUT2D eigenvalue weighted by molar-refractivity contribution is 5.94. The summed E-state index contributed by atoms with van der Waals surface area (Å²) >= 11 is 0. The van der Waals surface area contributed by atoms with Gasteiger partial charge in [0.05, 0.1) is 20.6 Å². The number of carboxylic acids is 1. The Bertz CT molecular complexity index is 813. The third-order valence-corrected chi connectivity index (χ3v) is 3.62. The van der Waals surface area contributed by atoms with E-state index >= 15 is 0 Å². The minimum atomic E-state index is -0.911. The van der Waals surface area contributed by atoms with Crippen LogP contribution in [0.15, 0.2) is 42.5 Å². The van der Waals surface area contributed by atoms with Crippen molar-refractivity contribution in [1.29, 1.82) is 0 Å². The van der Waals surface area contributed by atoms with E-state index in [0.29, 0.717) is 16.9 Å². The van der Waals surface area contributed by atoms with E-state index in [1.54, 1.807) is 42.5 Å². The molecule has 2 rings (SSSR count). The average Bonchev–Trinajstić information content (AvgIpc) is 2.66. The van der Waals surface area contributed by atoms with Gasteiger partial charge in [0.15, 0.2) is 23.9 Å². The number of ether oxygens (including phenoxy) is 3. The zero-order valence-corrected chi connectivity index (χ0v) is 15.0. The van der Waals surface area contributed by atoms with Gasteiger partial charge in [0.2, 0.25) is 5.75 Å². The second-order valence-corrected chi connectivity index (χ2v) is 5.58. The lowest BCUT2D eigenvalue weighted by molar-refractivity contribution is -0.136. The Morgan fingerprint density at radius 1 is 1.04 bits per heavy atom. The number of methoxy groups -OCH3 is 2. The molecule has 0 unspecified atom stereocenters. The van der Waals surface area contributed by atoms with Crippen molar-refractivity contribution in [3.05, 3.63) is 53.6 Å². The number of carbonyl (C=O) groups is 2. The van der Waals surface area contributed by atoms with E-state index in [4.69, 9.17) is 19.3 Å². The highest BCUT2D eigenvalue weighted by Crippen LogP contribution is 2.37. The number of aromatic hydroxyl groups is 1. The molecule has 0 saturated heterocycles. The Hall–Kier alpha value is -3.48. The molecule has 0 bridgehead atoms. The van der Waals surface area contributed by atoms with Crippen molar-refractivity contribution in [1.82, 2.24) is 0 Å². The van der Waals surface area contributed by atoms with Crippen LogP contribution in [0.4, 0.5) is 0 Å². The van der Waals surface area contributed by atoms with Gasteiger partial charge in [-0.05, 0) is 41.5 Å². The van der Waals surface area contributed by atoms with Crippen LogP contribution in [-0.2, 0) is 16.0 Å². The largest absolute Gasteiger partial charge is 0.502 e. The quantitative estimate of drug-likeness (QED) is 0.653. The number of ketones is 1. The Morgan fingerprint density at radius 2 is 1.63 bits per heavy atom. The summed E-state index contributed by atoms with van der Waals surface area (Å²) in [5.74, 6) is -0.350.